The summed E-state index contributed by atoms with van der Waals surface area (Å²) in [6, 6.07) is 2.05. The fourth-order valence-electron chi connectivity index (χ4n) is 1.78. The van der Waals surface area contributed by atoms with Crippen molar-refractivity contribution in [2.24, 2.45) is 7.05 Å². The number of thioether (sulfide) groups is 1. The third kappa shape index (κ3) is 2.57. The van der Waals surface area contributed by atoms with Crippen LogP contribution in [-0.2, 0) is 12.8 Å². The van der Waals surface area contributed by atoms with E-state index >= 15 is 0 Å². The third-order valence-corrected chi connectivity index (χ3v) is 4.41. The molecule has 0 spiro atoms. The van der Waals surface area contributed by atoms with Crippen LogP contribution in [0.4, 0.5) is 5.82 Å². The van der Waals surface area contributed by atoms with Gasteiger partial charge < -0.3 is 5.32 Å². The summed E-state index contributed by atoms with van der Waals surface area (Å²) < 4.78 is 1.80. The van der Waals surface area contributed by atoms with Crippen molar-refractivity contribution in [3.05, 3.63) is 29.7 Å². The molecule has 0 aliphatic heterocycles. The van der Waals surface area contributed by atoms with Gasteiger partial charge in [-0.2, -0.15) is 5.10 Å². The molecule has 3 aromatic rings. The van der Waals surface area contributed by atoms with Crippen LogP contribution >= 0.6 is 23.1 Å². The van der Waals surface area contributed by atoms with Gasteiger partial charge >= 0.3 is 0 Å². The highest BCUT2D eigenvalue weighted by Gasteiger charge is 2.08. The first-order valence-corrected chi connectivity index (χ1v) is 7.66. The second kappa shape index (κ2) is 5.18. The average Bonchev–Trinajstić information content (AvgIpc) is 3.03. The number of aromatic nitrogens is 4. The van der Waals surface area contributed by atoms with Crippen molar-refractivity contribution in [1.29, 1.82) is 0 Å². The molecule has 7 heteroatoms. The van der Waals surface area contributed by atoms with Gasteiger partial charge in [0.1, 0.15) is 16.5 Å². The molecule has 0 saturated carbocycles. The quantitative estimate of drug-likeness (QED) is 0.749. The molecule has 3 heterocycles. The zero-order valence-electron chi connectivity index (χ0n) is 10.6. The molecule has 0 saturated heterocycles. The Morgan fingerprint density at radius 3 is 3.05 bits per heavy atom. The summed E-state index contributed by atoms with van der Waals surface area (Å²) in [5.41, 5.74) is 0. The van der Waals surface area contributed by atoms with E-state index < -0.39 is 0 Å². The molecule has 0 aromatic carbocycles. The maximum atomic E-state index is 4.59. The van der Waals surface area contributed by atoms with Crippen molar-refractivity contribution in [2.45, 2.75) is 10.6 Å². The number of thiophene rings is 1. The molecule has 0 aliphatic carbocycles. The molecule has 3 rings (SSSR count). The summed E-state index contributed by atoms with van der Waals surface area (Å²) in [7, 11) is 3.80. The number of anilines is 1. The molecule has 1 N–H and O–H groups in total. The molecule has 0 bridgehead atoms. The standard InChI is InChI=1S/C12H13N5S2/c1-13-11-9-3-4-18-12(9)16-10(15-11)7-19-8-5-14-17(2)6-8/h3-6H,7H2,1-2H3,(H,13,15,16). The number of hydrogen-bond acceptors (Lipinski definition) is 6. The molecule has 19 heavy (non-hydrogen) atoms. The van der Waals surface area contributed by atoms with E-state index in [1.807, 2.05) is 37.9 Å². The minimum atomic E-state index is 0.744. The molecule has 0 unspecified atom stereocenters. The first-order valence-electron chi connectivity index (χ1n) is 5.79. The van der Waals surface area contributed by atoms with Gasteiger partial charge in [0, 0.05) is 25.2 Å². The summed E-state index contributed by atoms with van der Waals surface area (Å²) in [6.07, 6.45) is 3.85. The van der Waals surface area contributed by atoms with Crippen molar-refractivity contribution in [3.63, 3.8) is 0 Å². The van der Waals surface area contributed by atoms with Crippen molar-refractivity contribution in [2.75, 3.05) is 12.4 Å². The van der Waals surface area contributed by atoms with Crippen LogP contribution in [-0.4, -0.2) is 26.8 Å². The predicted molar refractivity (Wildman–Crippen MR) is 79.7 cm³/mol. The first-order chi connectivity index (χ1) is 9.26. The van der Waals surface area contributed by atoms with E-state index in [1.165, 1.54) is 0 Å². The zero-order chi connectivity index (χ0) is 13.2. The molecule has 3 aromatic heterocycles. The third-order valence-electron chi connectivity index (χ3n) is 2.66. The molecule has 0 amide bonds. The number of rotatable bonds is 4. The van der Waals surface area contributed by atoms with Crippen LogP contribution in [0.2, 0.25) is 0 Å². The van der Waals surface area contributed by atoms with Crippen LogP contribution in [0.5, 0.6) is 0 Å². The van der Waals surface area contributed by atoms with Gasteiger partial charge in [-0.1, -0.05) is 0 Å². The molecule has 0 atom stereocenters. The Morgan fingerprint density at radius 1 is 1.42 bits per heavy atom. The largest absolute Gasteiger partial charge is 0.372 e. The Bertz CT molecular complexity index is 703. The Morgan fingerprint density at radius 2 is 2.32 bits per heavy atom. The summed E-state index contributed by atoms with van der Waals surface area (Å²) in [6.45, 7) is 0. The van der Waals surface area contributed by atoms with Crippen LogP contribution in [0, 0.1) is 0 Å². The second-order valence-electron chi connectivity index (χ2n) is 4.02. The van der Waals surface area contributed by atoms with Crippen LogP contribution in [0.1, 0.15) is 5.82 Å². The maximum Gasteiger partial charge on any atom is 0.142 e. The molecule has 0 radical (unpaired) electrons. The maximum absolute atomic E-state index is 4.59. The van der Waals surface area contributed by atoms with E-state index in [4.69, 9.17) is 0 Å². The highest BCUT2D eigenvalue weighted by molar-refractivity contribution is 7.98. The van der Waals surface area contributed by atoms with Gasteiger partial charge in [0.25, 0.3) is 0 Å². The van der Waals surface area contributed by atoms with Gasteiger partial charge in [-0.15, -0.1) is 23.1 Å². The Balaban J connectivity index is 1.84. The van der Waals surface area contributed by atoms with E-state index in [2.05, 4.69) is 20.4 Å². The first kappa shape index (κ1) is 12.4. The average molecular weight is 291 g/mol. The predicted octanol–water partition coefficient (Wildman–Crippen LogP) is 2.76. The van der Waals surface area contributed by atoms with Crippen molar-refractivity contribution in [1.82, 2.24) is 19.7 Å². The van der Waals surface area contributed by atoms with Gasteiger partial charge in [0.15, 0.2) is 0 Å². The number of aryl methyl sites for hydroxylation is 1. The molecular formula is C12H13N5S2. The monoisotopic (exact) mass is 291 g/mol. The van der Waals surface area contributed by atoms with E-state index in [1.54, 1.807) is 27.8 Å². The van der Waals surface area contributed by atoms with Crippen LogP contribution < -0.4 is 5.32 Å². The Hall–Kier alpha value is -1.60. The van der Waals surface area contributed by atoms with Gasteiger partial charge in [-0.3, -0.25) is 4.68 Å². The van der Waals surface area contributed by atoms with Gasteiger partial charge in [0.05, 0.1) is 17.3 Å². The summed E-state index contributed by atoms with van der Waals surface area (Å²) in [4.78, 5) is 11.3. The summed E-state index contributed by atoms with van der Waals surface area (Å²) in [5, 5.41) is 10.4. The molecule has 98 valence electrons. The highest BCUT2D eigenvalue weighted by atomic mass is 32.2. The smallest absolute Gasteiger partial charge is 0.142 e. The molecule has 0 fully saturated rings. The molecule has 0 aliphatic rings. The van der Waals surface area contributed by atoms with Crippen molar-refractivity contribution < 1.29 is 0 Å². The van der Waals surface area contributed by atoms with Crippen LogP contribution in [0.15, 0.2) is 28.7 Å². The van der Waals surface area contributed by atoms with E-state index in [0.717, 1.165) is 32.5 Å². The highest BCUT2D eigenvalue weighted by Crippen LogP contribution is 2.27. The number of fused-ring (bicyclic) bond motifs is 1. The molecular weight excluding hydrogens is 278 g/mol. The van der Waals surface area contributed by atoms with Crippen LogP contribution in [0.3, 0.4) is 0 Å². The van der Waals surface area contributed by atoms with Gasteiger partial charge in [0.2, 0.25) is 0 Å². The lowest BCUT2D eigenvalue weighted by molar-refractivity contribution is 0.766. The van der Waals surface area contributed by atoms with Crippen LogP contribution in [0.25, 0.3) is 10.2 Å². The SMILES string of the molecule is CNc1nc(CSc2cnn(C)c2)nc2sccc12. The van der Waals surface area contributed by atoms with Gasteiger partial charge in [-0.05, 0) is 11.4 Å². The summed E-state index contributed by atoms with van der Waals surface area (Å²) >= 11 is 3.33. The normalized spacial score (nSPS) is 11.1. The minimum absolute atomic E-state index is 0.744. The molecule has 5 nitrogen and oxygen atoms in total. The number of nitrogens with one attached hydrogen (secondary N) is 1. The second-order valence-corrected chi connectivity index (χ2v) is 5.96. The number of hydrogen-bond donors (Lipinski definition) is 1. The van der Waals surface area contributed by atoms with Crippen molar-refractivity contribution >= 4 is 39.1 Å². The topological polar surface area (TPSA) is 55.6 Å². The zero-order valence-corrected chi connectivity index (χ0v) is 12.3. The lowest BCUT2D eigenvalue weighted by atomic mass is 10.4. The fraction of sp³-hybridized carbons (Fsp3) is 0.250. The Kier molecular flexibility index (Phi) is 3.39. The minimum Gasteiger partial charge on any atom is -0.372 e. The van der Waals surface area contributed by atoms with Crippen molar-refractivity contribution in [3.8, 4) is 0 Å². The fourth-order valence-corrected chi connectivity index (χ4v) is 3.33. The Labute approximate surface area is 119 Å². The van der Waals surface area contributed by atoms with E-state index in [0.29, 0.717) is 0 Å². The summed E-state index contributed by atoms with van der Waals surface area (Å²) in [5.74, 6) is 2.48. The van der Waals surface area contributed by atoms with E-state index in [-0.39, 0.29) is 0 Å². The van der Waals surface area contributed by atoms with E-state index in [9.17, 15) is 0 Å². The lowest BCUT2D eigenvalue weighted by Gasteiger charge is -2.04. The van der Waals surface area contributed by atoms with Gasteiger partial charge in [-0.25, -0.2) is 9.97 Å². The number of nitrogens with zero attached hydrogens (tertiary/aromatic N) is 4. The lowest BCUT2D eigenvalue weighted by Crippen LogP contribution is -1.99.